The van der Waals surface area contributed by atoms with Gasteiger partial charge in [0.25, 0.3) is 5.91 Å². The summed E-state index contributed by atoms with van der Waals surface area (Å²) in [4.78, 5) is 19.9. The van der Waals surface area contributed by atoms with Crippen LogP contribution < -0.4 is 19.5 Å². The van der Waals surface area contributed by atoms with Crippen molar-refractivity contribution < 1.29 is 37.3 Å². The Balaban J connectivity index is 1.37. The third-order valence-electron chi connectivity index (χ3n) is 9.35. The quantitative estimate of drug-likeness (QED) is 0.102. The van der Waals surface area contributed by atoms with Gasteiger partial charge in [-0.05, 0) is 77.2 Å². The second kappa shape index (κ2) is 17.5. The number of methoxy groups -OCH3 is 2. The van der Waals surface area contributed by atoms with Gasteiger partial charge in [-0.3, -0.25) is 4.79 Å². The summed E-state index contributed by atoms with van der Waals surface area (Å²) in [6.45, 7) is 0.623. The lowest BCUT2D eigenvalue weighted by atomic mass is 9.84. The minimum atomic E-state index is -3.81. The molecule has 1 aliphatic heterocycles. The number of hydrogen-bond acceptors (Lipinski definition) is 9. The molecule has 6 rings (SSSR count). The molecule has 0 spiro atoms. The summed E-state index contributed by atoms with van der Waals surface area (Å²) in [5.74, 6) is 1.18. The SMILES string of the molecule is COc1ccc(CCNC(=O)[C@]2(CCS(=O)(=O)c3ccccc3)N=C(c3ccc(OCCCO)cc3)O[C@@H]2c2ccc(-c3ccccc3)cc2)cc1OC. The molecule has 5 aromatic carbocycles. The standard InChI is InChI=1S/C43H44N2O8S/c1-50-38-23-14-31(30-39(38)51-2)24-26-44-42(47)43(25-29-54(48,49)37-12-7-4-8-13-37)40(34-17-15-33(16-18-34)32-10-5-3-6-11-32)53-41(45-43)35-19-21-36(22-20-35)52-28-9-27-46/h3-8,10-23,30,40,46H,9,24-29H2,1-2H3,(H,44,47)/t40-,43-/m1/s1. The Hall–Kier alpha value is -5.65. The van der Waals surface area contributed by atoms with Gasteiger partial charge in [0.15, 0.2) is 33.0 Å². The number of ether oxygens (including phenoxy) is 4. The molecule has 0 aliphatic carbocycles. The first-order valence-electron chi connectivity index (χ1n) is 17.8. The average molecular weight is 749 g/mol. The minimum Gasteiger partial charge on any atom is -0.494 e. The second-order valence-electron chi connectivity index (χ2n) is 12.9. The molecule has 5 aromatic rings. The van der Waals surface area contributed by atoms with Crippen molar-refractivity contribution in [2.75, 3.05) is 39.7 Å². The van der Waals surface area contributed by atoms with Crippen LogP contribution >= 0.6 is 0 Å². The highest BCUT2D eigenvalue weighted by atomic mass is 32.2. The average Bonchev–Trinajstić information content (AvgIpc) is 3.62. The minimum absolute atomic E-state index is 0.0227. The molecule has 54 heavy (non-hydrogen) atoms. The number of nitrogens with one attached hydrogen (secondary N) is 1. The first-order chi connectivity index (χ1) is 26.3. The first-order valence-corrected chi connectivity index (χ1v) is 19.4. The third kappa shape index (κ3) is 8.75. The predicted molar refractivity (Wildman–Crippen MR) is 208 cm³/mol. The molecular weight excluding hydrogens is 705 g/mol. The van der Waals surface area contributed by atoms with E-state index in [1.165, 1.54) is 0 Å². The molecule has 0 aromatic heterocycles. The number of carbonyl (C=O) groups is 1. The number of sulfone groups is 1. The summed E-state index contributed by atoms with van der Waals surface area (Å²) < 4.78 is 50.7. The Kier molecular flexibility index (Phi) is 12.3. The zero-order valence-corrected chi connectivity index (χ0v) is 31.1. The number of rotatable bonds is 17. The van der Waals surface area contributed by atoms with Crippen LogP contribution in [0.2, 0.25) is 0 Å². The van der Waals surface area contributed by atoms with Crippen LogP contribution in [-0.4, -0.2) is 70.6 Å². The fraction of sp³-hybridized carbons (Fsp3) is 0.256. The molecule has 1 heterocycles. The molecular formula is C43H44N2O8S. The van der Waals surface area contributed by atoms with E-state index in [9.17, 15) is 13.2 Å². The van der Waals surface area contributed by atoms with E-state index in [4.69, 9.17) is 29.0 Å². The van der Waals surface area contributed by atoms with E-state index in [1.807, 2.05) is 72.8 Å². The second-order valence-corrected chi connectivity index (χ2v) is 15.0. The normalized spacial score (nSPS) is 16.6. The van der Waals surface area contributed by atoms with E-state index in [1.54, 1.807) is 68.8 Å². The summed E-state index contributed by atoms with van der Waals surface area (Å²) in [5.41, 5.74) is 2.54. The van der Waals surface area contributed by atoms with Gasteiger partial charge in [0, 0.05) is 31.6 Å². The zero-order valence-electron chi connectivity index (χ0n) is 30.3. The van der Waals surface area contributed by atoms with Crippen molar-refractivity contribution in [3.05, 3.63) is 144 Å². The molecule has 2 atom stereocenters. The number of nitrogens with zero attached hydrogens (tertiary/aromatic N) is 1. The van der Waals surface area contributed by atoms with Gasteiger partial charge < -0.3 is 29.4 Å². The molecule has 0 unspecified atom stereocenters. The smallest absolute Gasteiger partial charge is 0.252 e. The number of benzene rings is 5. The van der Waals surface area contributed by atoms with Crippen LogP contribution in [0.25, 0.3) is 11.1 Å². The zero-order chi connectivity index (χ0) is 38.0. The molecule has 11 heteroatoms. The van der Waals surface area contributed by atoms with Gasteiger partial charge in [-0.25, -0.2) is 13.4 Å². The summed E-state index contributed by atoms with van der Waals surface area (Å²) in [5, 5.41) is 12.2. The maximum Gasteiger partial charge on any atom is 0.252 e. The molecule has 0 radical (unpaired) electrons. The van der Waals surface area contributed by atoms with E-state index < -0.39 is 27.4 Å². The molecule has 0 saturated heterocycles. The number of amides is 1. The van der Waals surface area contributed by atoms with Crippen molar-refractivity contribution in [2.45, 2.75) is 35.8 Å². The van der Waals surface area contributed by atoms with Crippen molar-refractivity contribution in [1.82, 2.24) is 5.32 Å². The van der Waals surface area contributed by atoms with E-state index >= 15 is 0 Å². The number of aliphatic imine (C=N–C) groups is 1. The molecule has 280 valence electrons. The summed E-state index contributed by atoms with van der Waals surface area (Å²) in [7, 11) is -0.673. The Bertz CT molecular complexity index is 2140. The molecule has 2 N–H and O–H groups in total. The van der Waals surface area contributed by atoms with Gasteiger partial charge in [-0.2, -0.15) is 0 Å². The van der Waals surface area contributed by atoms with E-state index in [2.05, 4.69) is 5.32 Å². The van der Waals surface area contributed by atoms with Gasteiger partial charge in [-0.15, -0.1) is 0 Å². The van der Waals surface area contributed by atoms with Gasteiger partial charge in [0.1, 0.15) is 5.75 Å². The van der Waals surface area contributed by atoms with Crippen molar-refractivity contribution in [1.29, 1.82) is 0 Å². The first kappa shape index (κ1) is 38.1. The van der Waals surface area contributed by atoms with Gasteiger partial charge >= 0.3 is 0 Å². The molecule has 0 saturated carbocycles. The summed E-state index contributed by atoms with van der Waals surface area (Å²) in [6, 6.07) is 38.5. The van der Waals surface area contributed by atoms with Crippen molar-refractivity contribution in [2.24, 2.45) is 4.99 Å². The van der Waals surface area contributed by atoms with Gasteiger partial charge in [0.2, 0.25) is 5.90 Å². The van der Waals surface area contributed by atoms with E-state index in [0.717, 1.165) is 16.7 Å². The van der Waals surface area contributed by atoms with E-state index in [0.29, 0.717) is 47.8 Å². The van der Waals surface area contributed by atoms with Crippen LogP contribution in [0.1, 0.15) is 35.6 Å². The largest absolute Gasteiger partial charge is 0.494 e. The fourth-order valence-electron chi connectivity index (χ4n) is 6.40. The van der Waals surface area contributed by atoms with Crippen LogP contribution in [0, 0.1) is 0 Å². The highest BCUT2D eigenvalue weighted by molar-refractivity contribution is 7.91. The van der Waals surface area contributed by atoms with E-state index in [-0.39, 0.29) is 36.1 Å². The maximum absolute atomic E-state index is 14.7. The highest BCUT2D eigenvalue weighted by Gasteiger charge is 2.53. The predicted octanol–water partition coefficient (Wildman–Crippen LogP) is 6.61. The number of aliphatic hydroxyl groups excluding tert-OH is 1. The Labute approximate surface area is 316 Å². The Morgan fingerprint density at radius 2 is 1.46 bits per heavy atom. The number of carbonyl (C=O) groups excluding carboxylic acids is 1. The lowest BCUT2D eigenvalue weighted by Crippen LogP contribution is -2.49. The molecule has 1 aliphatic rings. The van der Waals surface area contributed by atoms with Crippen molar-refractivity contribution >= 4 is 21.6 Å². The summed E-state index contributed by atoms with van der Waals surface area (Å²) in [6.07, 6.45) is -0.137. The monoisotopic (exact) mass is 748 g/mol. The third-order valence-corrected chi connectivity index (χ3v) is 11.1. The lowest BCUT2D eigenvalue weighted by Gasteiger charge is -2.30. The van der Waals surface area contributed by atoms with Crippen LogP contribution in [0.5, 0.6) is 17.2 Å². The Morgan fingerprint density at radius 1 is 0.815 bits per heavy atom. The number of aliphatic hydroxyl groups is 1. The maximum atomic E-state index is 14.7. The molecule has 0 bridgehead atoms. The molecule has 0 fully saturated rings. The van der Waals surface area contributed by atoms with Gasteiger partial charge in [-0.1, -0.05) is 78.9 Å². The van der Waals surface area contributed by atoms with Crippen LogP contribution in [0.15, 0.2) is 137 Å². The highest BCUT2D eigenvalue weighted by Crippen LogP contribution is 2.43. The Morgan fingerprint density at radius 3 is 2.13 bits per heavy atom. The van der Waals surface area contributed by atoms with Crippen LogP contribution in [0.3, 0.4) is 0 Å². The topological polar surface area (TPSA) is 133 Å². The van der Waals surface area contributed by atoms with Crippen LogP contribution in [-0.2, 0) is 25.8 Å². The van der Waals surface area contributed by atoms with Crippen LogP contribution in [0.4, 0.5) is 0 Å². The fourth-order valence-corrected chi connectivity index (χ4v) is 7.78. The van der Waals surface area contributed by atoms with Crippen molar-refractivity contribution in [3.63, 3.8) is 0 Å². The lowest BCUT2D eigenvalue weighted by molar-refractivity contribution is -0.129. The molecule has 10 nitrogen and oxygen atoms in total. The molecule has 1 amide bonds. The van der Waals surface area contributed by atoms with Crippen molar-refractivity contribution in [3.8, 4) is 28.4 Å². The summed E-state index contributed by atoms with van der Waals surface area (Å²) >= 11 is 0. The van der Waals surface area contributed by atoms with Gasteiger partial charge in [0.05, 0.1) is 31.5 Å². The number of hydrogen-bond donors (Lipinski definition) is 2.